The zero-order valence-electron chi connectivity index (χ0n) is 67.0. The number of fused-ring (bicyclic) bond motifs is 6. The highest BCUT2D eigenvalue weighted by atomic mass is 79.9. The van der Waals surface area contributed by atoms with E-state index in [0.717, 1.165) is 78.3 Å². The molecule has 2 aliphatic rings. The van der Waals surface area contributed by atoms with Crippen LogP contribution in [0.25, 0.3) is 67.8 Å². The van der Waals surface area contributed by atoms with Crippen molar-refractivity contribution in [3.8, 4) is 84.4 Å². The first-order chi connectivity index (χ1) is 60.2. The third-order valence-corrected chi connectivity index (χ3v) is 23.5. The molecule has 0 heterocycles. The average Bonchev–Trinajstić information content (AvgIpc) is 1.54. The molecular formula is C114H83BBrN2O4. The summed E-state index contributed by atoms with van der Waals surface area (Å²) in [6, 6.07) is 162. The molecule has 122 heavy (non-hydrogen) atoms. The average molecular weight is 1640 g/mol. The molecule has 2 unspecified atom stereocenters. The third kappa shape index (κ3) is 15.8. The predicted octanol–water partition coefficient (Wildman–Crippen LogP) is 30.3. The van der Waals surface area contributed by atoms with Crippen molar-refractivity contribution in [2.45, 2.75) is 10.8 Å². The summed E-state index contributed by atoms with van der Waals surface area (Å²) in [5.41, 5.74) is 29.8. The number of ether oxygens (including phenoxy) is 2. The first-order valence-electron chi connectivity index (χ1n) is 40.9. The molecule has 18 aromatic carbocycles. The van der Waals surface area contributed by atoms with Gasteiger partial charge in [-0.3, -0.25) is 0 Å². The molecular weight excluding hydrogens is 1550 g/mol. The summed E-state index contributed by atoms with van der Waals surface area (Å²) in [6.07, 6.45) is 3.67. The molecule has 6 nitrogen and oxygen atoms in total. The Labute approximate surface area is 723 Å². The molecule has 0 aliphatic heterocycles. The maximum atomic E-state index is 8.82. The van der Waals surface area contributed by atoms with Crippen LogP contribution in [0.2, 0.25) is 0 Å². The van der Waals surface area contributed by atoms with Gasteiger partial charge in [-0.05, 0) is 263 Å². The molecule has 0 aromatic heterocycles. The van der Waals surface area contributed by atoms with Crippen LogP contribution in [0.5, 0.6) is 28.7 Å². The summed E-state index contributed by atoms with van der Waals surface area (Å²) in [5, 5.41) is 8.82. The largest absolute Gasteiger partial charge is 0.569 e. The van der Waals surface area contributed by atoms with Crippen LogP contribution < -0.4 is 23.9 Å². The molecule has 20 rings (SSSR count). The van der Waals surface area contributed by atoms with Crippen LogP contribution in [0.15, 0.2) is 479 Å². The molecule has 0 saturated heterocycles. The summed E-state index contributed by atoms with van der Waals surface area (Å²) < 4.78 is 18.6. The molecule has 1 N–H and O–H groups in total. The van der Waals surface area contributed by atoms with Gasteiger partial charge in [0.15, 0.2) is 0 Å². The quantitative estimate of drug-likeness (QED) is 0.0724. The van der Waals surface area contributed by atoms with Crippen molar-refractivity contribution in [2.24, 2.45) is 0 Å². The van der Waals surface area contributed by atoms with Crippen LogP contribution in [0, 0.1) is 0 Å². The first-order valence-corrected chi connectivity index (χ1v) is 41.6. The number of hydrogen-bond acceptors (Lipinski definition) is 6. The second-order valence-electron chi connectivity index (χ2n) is 30.0. The van der Waals surface area contributed by atoms with Crippen LogP contribution in [-0.2, 0) is 10.8 Å². The van der Waals surface area contributed by atoms with Crippen molar-refractivity contribution in [1.29, 1.82) is 0 Å². The molecule has 583 valence electrons. The maximum Gasteiger partial charge on any atom is 0.569 e. The van der Waals surface area contributed by atoms with E-state index in [0.29, 0.717) is 13.4 Å². The van der Waals surface area contributed by atoms with E-state index in [4.69, 9.17) is 19.2 Å². The molecule has 2 aliphatic carbocycles. The lowest BCUT2D eigenvalue weighted by Gasteiger charge is -2.34. The van der Waals surface area contributed by atoms with E-state index in [1.807, 2.05) is 121 Å². The lowest BCUT2D eigenvalue weighted by Crippen LogP contribution is -2.28. The van der Waals surface area contributed by atoms with Crippen molar-refractivity contribution in [2.75, 3.05) is 9.80 Å². The smallest absolute Gasteiger partial charge is 0.537 e. The van der Waals surface area contributed by atoms with Gasteiger partial charge in [0.1, 0.15) is 28.7 Å². The number of nitrogens with zero attached hydrogens (tertiary/aromatic N) is 2. The minimum Gasteiger partial charge on any atom is -0.537 e. The Hall–Kier alpha value is -15.1. The molecule has 8 heteroatoms. The van der Waals surface area contributed by atoms with Gasteiger partial charge in [0.25, 0.3) is 0 Å². The fourth-order valence-corrected chi connectivity index (χ4v) is 17.6. The minimum atomic E-state index is -0.538. The highest BCUT2D eigenvalue weighted by Gasteiger charge is 2.48. The Morgan fingerprint density at radius 1 is 0.246 bits per heavy atom. The van der Waals surface area contributed by atoms with Crippen molar-refractivity contribution >= 4 is 69.9 Å². The Morgan fingerprint density at radius 3 is 0.893 bits per heavy atom. The van der Waals surface area contributed by atoms with E-state index in [-0.39, 0.29) is 0 Å². The van der Waals surface area contributed by atoms with Crippen LogP contribution in [-0.4, -0.2) is 12.7 Å². The number of benzene rings is 18. The van der Waals surface area contributed by atoms with Gasteiger partial charge in [0, 0.05) is 38.6 Å². The van der Waals surface area contributed by atoms with Crippen molar-refractivity contribution in [1.82, 2.24) is 0 Å². The summed E-state index contributed by atoms with van der Waals surface area (Å²) in [5.74, 6) is 3.78. The topological polar surface area (TPSA) is 54.4 Å². The number of anilines is 6. The van der Waals surface area contributed by atoms with Crippen LogP contribution in [0.3, 0.4) is 0 Å². The Morgan fingerprint density at radius 2 is 0.516 bits per heavy atom. The van der Waals surface area contributed by atoms with Crippen LogP contribution >= 0.6 is 15.9 Å². The van der Waals surface area contributed by atoms with Gasteiger partial charge in [0.2, 0.25) is 0 Å². The zero-order valence-corrected chi connectivity index (χ0v) is 68.6. The van der Waals surface area contributed by atoms with E-state index in [2.05, 4.69) is 391 Å². The maximum absolute atomic E-state index is 8.82. The Bertz CT molecular complexity index is 6610. The van der Waals surface area contributed by atoms with Crippen molar-refractivity contribution in [3.05, 3.63) is 534 Å². The van der Waals surface area contributed by atoms with Crippen molar-refractivity contribution in [3.63, 3.8) is 0 Å². The molecule has 2 atom stereocenters. The minimum absolute atomic E-state index is 0.416. The SMILES string of the molecule is C=Cc1ccc(Oc2ccc(C3(c4ccccc4)c4ccccc4-c4ccc(-c5ccc(N(c6ccccc6)c6ccc(-c7ccccc7)cc6)cc5)cc43)cc2)cc1.C=Cc1ccc(Oc2ccc(C3(c4ccccc4)c4ccccc4-c4ccc(Br)cc43)cc2)cc1.O[B]Oc1ccc(N(c2ccccc2)c2ccc(-c3ccccc3)cc2)cc1. The van der Waals surface area contributed by atoms with Gasteiger partial charge in [-0.25, -0.2) is 0 Å². The summed E-state index contributed by atoms with van der Waals surface area (Å²) >= 11 is 3.74. The van der Waals surface area contributed by atoms with Gasteiger partial charge in [0.05, 0.1) is 10.8 Å². The fourth-order valence-electron chi connectivity index (χ4n) is 17.3. The highest BCUT2D eigenvalue weighted by Crippen LogP contribution is 2.59. The second-order valence-corrected chi connectivity index (χ2v) is 30.9. The van der Waals surface area contributed by atoms with Crippen LogP contribution in [0.1, 0.15) is 55.6 Å². The molecule has 0 fully saturated rings. The molecule has 18 aromatic rings. The number of rotatable bonds is 21. The van der Waals surface area contributed by atoms with E-state index >= 15 is 0 Å². The number of halogens is 1. The summed E-state index contributed by atoms with van der Waals surface area (Å²) in [7, 11) is 0.687. The first kappa shape index (κ1) is 78.1. The Kier molecular flexibility index (Phi) is 22.8. The molecule has 0 spiro atoms. The third-order valence-electron chi connectivity index (χ3n) is 23.0. The summed E-state index contributed by atoms with van der Waals surface area (Å²) in [6.45, 7) is 7.69. The van der Waals surface area contributed by atoms with Gasteiger partial charge >= 0.3 is 7.69 Å². The predicted molar refractivity (Wildman–Crippen MR) is 509 cm³/mol. The number of hydrogen-bond donors (Lipinski definition) is 1. The van der Waals surface area contributed by atoms with Gasteiger partial charge < -0.3 is 29.0 Å². The van der Waals surface area contributed by atoms with Gasteiger partial charge in [-0.1, -0.05) is 351 Å². The lowest BCUT2D eigenvalue weighted by molar-refractivity contribution is 0.454. The zero-order chi connectivity index (χ0) is 82.6. The molecule has 0 saturated carbocycles. The fraction of sp³-hybridized carbons (Fsp3) is 0.0175. The summed E-state index contributed by atoms with van der Waals surface area (Å²) in [4.78, 5) is 4.50. The second kappa shape index (κ2) is 35.6. The van der Waals surface area contributed by atoms with E-state index in [9.17, 15) is 0 Å². The standard InChI is InChI=1S/C57H41NO.C33H23BrO.C24H19BNO2/c1-2-41-22-35-51(36-23-41)59-52-37-29-47(30-38-52)57(46-16-8-4-9-17-46)55-21-13-12-20-53(55)54-39-28-45(40-56(54)57)44-26-33-50(34-27-44)58(48-18-10-5-11-19-48)49-31-24-43(25-32-49)42-14-6-3-7-15-42;1-2-23-12-17-27(18-13-23)35-28-19-14-25(15-20-28)33(24-8-4-3-5-9-24)31-11-7-6-10-29(31)30-21-16-26(34)22-32(30)33;27-25-28-24-17-15-23(16-18-24)26(21-9-5-2-6-10-21)22-13-11-20(12-14-22)19-7-3-1-4-8-19/h2-40H,1H2;2-22H,1H2;1-18,27H. The normalized spacial score (nSPS) is 13.6. The van der Waals surface area contributed by atoms with Crippen molar-refractivity contribution < 1.29 is 19.2 Å². The van der Waals surface area contributed by atoms with Gasteiger partial charge in [-0.2, -0.15) is 0 Å². The highest BCUT2D eigenvalue weighted by molar-refractivity contribution is 9.10. The van der Waals surface area contributed by atoms with E-state index < -0.39 is 10.8 Å². The lowest BCUT2D eigenvalue weighted by atomic mass is 9.67. The molecule has 0 amide bonds. The van der Waals surface area contributed by atoms with Crippen LogP contribution in [0.4, 0.5) is 34.1 Å². The molecule has 0 bridgehead atoms. The Balaban J connectivity index is 0.000000137. The number of para-hydroxylation sites is 2. The monoisotopic (exact) mass is 1630 g/mol. The van der Waals surface area contributed by atoms with E-state index in [1.54, 1.807) is 0 Å². The van der Waals surface area contributed by atoms with Gasteiger partial charge in [-0.15, -0.1) is 0 Å². The molecule has 1 radical (unpaired) electrons. The van der Waals surface area contributed by atoms with E-state index in [1.165, 1.54) is 94.6 Å².